The maximum absolute atomic E-state index is 13.4. The van der Waals surface area contributed by atoms with E-state index >= 15 is 0 Å². The molecule has 1 N–H and O–H groups in total. The topological polar surface area (TPSA) is 37.3 Å². The van der Waals surface area contributed by atoms with Gasteiger partial charge in [-0.25, -0.2) is 13.8 Å². The minimum atomic E-state index is -0.678. The normalized spacial score (nSPS) is 11.1. The van der Waals surface area contributed by atoms with Gasteiger partial charge in [-0.3, -0.25) is 5.43 Å². The highest BCUT2D eigenvalue weighted by Gasteiger charge is 2.07. The quantitative estimate of drug-likeness (QED) is 0.683. The molecule has 0 atom stereocenters. The van der Waals surface area contributed by atoms with Gasteiger partial charge in [0, 0.05) is 21.5 Å². The first kappa shape index (κ1) is 13.1. The molecule has 0 aliphatic heterocycles. The number of benzene rings is 1. The Morgan fingerprint density at radius 3 is 2.83 bits per heavy atom. The van der Waals surface area contributed by atoms with Gasteiger partial charge < -0.3 is 0 Å². The molecule has 0 unspecified atom stereocenters. The molecule has 0 aliphatic carbocycles. The fraction of sp³-hybridized carbons (Fsp3) is 0.0909. The number of nitrogens with one attached hydrogen (secondary N) is 1. The van der Waals surface area contributed by atoms with Crippen molar-refractivity contribution < 1.29 is 8.78 Å². The van der Waals surface area contributed by atoms with Gasteiger partial charge in [-0.2, -0.15) is 5.10 Å². The number of thiazole rings is 1. The number of halogens is 3. The van der Waals surface area contributed by atoms with Gasteiger partial charge in [0.2, 0.25) is 5.13 Å². The molecule has 0 saturated carbocycles. The van der Waals surface area contributed by atoms with Gasteiger partial charge in [0.05, 0.1) is 11.9 Å². The Bertz CT molecular complexity index is 575. The molecule has 2 aromatic rings. The zero-order valence-corrected chi connectivity index (χ0v) is 11.6. The summed E-state index contributed by atoms with van der Waals surface area (Å²) in [5, 5.41) is 6.34. The number of hydrogen-bond acceptors (Lipinski definition) is 4. The van der Waals surface area contributed by atoms with E-state index in [2.05, 4.69) is 31.4 Å². The molecule has 0 fully saturated rings. The van der Waals surface area contributed by atoms with Crippen LogP contribution in [0.2, 0.25) is 0 Å². The second-order valence-corrected chi connectivity index (χ2v) is 5.16. The molecule has 0 aliphatic rings. The lowest BCUT2D eigenvalue weighted by Crippen LogP contribution is -1.95. The van der Waals surface area contributed by atoms with Crippen molar-refractivity contribution in [3.05, 3.63) is 44.9 Å². The van der Waals surface area contributed by atoms with Crippen molar-refractivity contribution in [2.24, 2.45) is 5.10 Å². The third-order valence-electron chi connectivity index (χ3n) is 2.02. The van der Waals surface area contributed by atoms with E-state index < -0.39 is 11.6 Å². The minimum Gasteiger partial charge on any atom is -0.253 e. The summed E-state index contributed by atoms with van der Waals surface area (Å²) in [5.41, 5.74) is 3.74. The molecule has 7 heteroatoms. The van der Waals surface area contributed by atoms with Crippen LogP contribution in [-0.4, -0.2) is 11.2 Å². The van der Waals surface area contributed by atoms with Crippen molar-refractivity contribution in [1.82, 2.24) is 4.98 Å². The van der Waals surface area contributed by atoms with Gasteiger partial charge in [0.25, 0.3) is 0 Å². The van der Waals surface area contributed by atoms with Crippen LogP contribution in [0.25, 0.3) is 0 Å². The highest BCUT2D eigenvalue weighted by atomic mass is 79.9. The molecule has 0 bridgehead atoms. The second-order valence-electron chi connectivity index (χ2n) is 3.45. The largest absolute Gasteiger partial charge is 0.253 e. The van der Waals surface area contributed by atoms with Gasteiger partial charge in [-0.1, -0.05) is 0 Å². The molecule has 1 aromatic carbocycles. The lowest BCUT2D eigenvalue weighted by molar-refractivity contribution is 0.580. The molecular weight excluding hydrogens is 324 g/mol. The Labute approximate surface area is 115 Å². The minimum absolute atomic E-state index is 0.178. The van der Waals surface area contributed by atoms with Crippen molar-refractivity contribution in [3.8, 4) is 0 Å². The first-order valence-electron chi connectivity index (χ1n) is 4.92. The van der Waals surface area contributed by atoms with Crippen LogP contribution in [0.1, 0.15) is 11.3 Å². The molecule has 3 nitrogen and oxygen atoms in total. The van der Waals surface area contributed by atoms with E-state index in [9.17, 15) is 8.78 Å². The third kappa shape index (κ3) is 3.11. The molecule has 94 valence electrons. The summed E-state index contributed by atoms with van der Waals surface area (Å²) in [6.07, 6.45) is 1.27. The van der Waals surface area contributed by atoms with Crippen LogP contribution in [-0.2, 0) is 0 Å². The maximum Gasteiger partial charge on any atom is 0.203 e. The van der Waals surface area contributed by atoms with E-state index in [1.807, 2.05) is 12.3 Å². The molecule has 1 aromatic heterocycles. The SMILES string of the molecule is Cc1csc(NN=Cc2c(F)cc(F)cc2Br)n1. The van der Waals surface area contributed by atoms with Crippen molar-refractivity contribution >= 4 is 38.6 Å². The van der Waals surface area contributed by atoms with Gasteiger partial charge in [0.15, 0.2) is 0 Å². The summed E-state index contributed by atoms with van der Waals surface area (Å²) in [6.45, 7) is 1.86. The average Bonchev–Trinajstić information content (AvgIpc) is 2.68. The zero-order valence-electron chi connectivity index (χ0n) is 9.25. The van der Waals surface area contributed by atoms with Crippen LogP contribution in [0.4, 0.5) is 13.9 Å². The van der Waals surface area contributed by atoms with Crippen LogP contribution in [0.3, 0.4) is 0 Å². The standard InChI is InChI=1S/C11H8BrF2N3S/c1-6-5-18-11(16-6)17-15-4-8-9(12)2-7(13)3-10(8)14/h2-5H,1H3,(H,16,17). The van der Waals surface area contributed by atoms with Crippen LogP contribution in [0, 0.1) is 18.6 Å². The Balaban J connectivity index is 2.14. The van der Waals surface area contributed by atoms with E-state index in [1.165, 1.54) is 23.6 Å². The smallest absolute Gasteiger partial charge is 0.203 e. The van der Waals surface area contributed by atoms with Crippen LogP contribution in [0.5, 0.6) is 0 Å². The molecule has 0 amide bonds. The number of anilines is 1. The monoisotopic (exact) mass is 331 g/mol. The van der Waals surface area contributed by atoms with Crippen molar-refractivity contribution in [2.45, 2.75) is 6.92 Å². The molecule has 18 heavy (non-hydrogen) atoms. The lowest BCUT2D eigenvalue weighted by atomic mass is 10.2. The van der Waals surface area contributed by atoms with Crippen molar-refractivity contribution in [3.63, 3.8) is 0 Å². The first-order chi connectivity index (χ1) is 8.56. The summed E-state index contributed by atoms with van der Waals surface area (Å²) >= 11 is 4.47. The lowest BCUT2D eigenvalue weighted by Gasteiger charge is -2.00. The Kier molecular flexibility index (Phi) is 4.03. The van der Waals surface area contributed by atoms with Crippen LogP contribution >= 0.6 is 27.3 Å². The molecule has 2 rings (SSSR count). The fourth-order valence-corrected chi connectivity index (χ4v) is 2.38. The molecule has 0 radical (unpaired) electrons. The van der Waals surface area contributed by atoms with E-state index in [1.54, 1.807) is 0 Å². The molecule has 0 spiro atoms. The predicted octanol–water partition coefficient (Wildman–Crippen LogP) is 3.94. The number of hydrazone groups is 1. The highest BCUT2D eigenvalue weighted by Crippen LogP contribution is 2.20. The summed E-state index contributed by atoms with van der Waals surface area (Å²) in [5.74, 6) is -1.32. The zero-order chi connectivity index (χ0) is 13.1. The maximum atomic E-state index is 13.4. The fourth-order valence-electron chi connectivity index (χ4n) is 1.23. The number of rotatable bonds is 3. The first-order valence-corrected chi connectivity index (χ1v) is 6.59. The summed E-state index contributed by atoms with van der Waals surface area (Å²) < 4.78 is 26.6. The van der Waals surface area contributed by atoms with Gasteiger partial charge in [0.1, 0.15) is 11.6 Å². The Morgan fingerprint density at radius 1 is 1.44 bits per heavy atom. The van der Waals surface area contributed by atoms with Crippen LogP contribution in [0.15, 0.2) is 27.1 Å². The number of hydrogen-bond donors (Lipinski definition) is 1. The number of nitrogens with zero attached hydrogens (tertiary/aromatic N) is 2. The van der Waals surface area contributed by atoms with Gasteiger partial charge in [-0.05, 0) is 28.9 Å². The summed E-state index contributed by atoms with van der Waals surface area (Å²) in [6, 6.07) is 1.98. The van der Waals surface area contributed by atoms with E-state index in [-0.39, 0.29) is 5.56 Å². The second kappa shape index (κ2) is 5.53. The average molecular weight is 332 g/mol. The van der Waals surface area contributed by atoms with Gasteiger partial charge in [-0.15, -0.1) is 11.3 Å². The van der Waals surface area contributed by atoms with E-state index in [0.29, 0.717) is 9.60 Å². The van der Waals surface area contributed by atoms with Crippen molar-refractivity contribution in [2.75, 3.05) is 5.43 Å². The van der Waals surface area contributed by atoms with E-state index in [0.717, 1.165) is 11.8 Å². The molecule has 0 saturated heterocycles. The summed E-state index contributed by atoms with van der Waals surface area (Å²) in [7, 11) is 0. The highest BCUT2D eigenvalue weighted by molar-refractivity contribution is 9.10. The van der Waals surface area contributed by atoms with Gasteiger partial charge >= 0.3 is 0 Å². The summed E-state index contributed by atoms with van der Waals surface area (Å²) in [4.78, 5) is 4.13. The third-order valence-corrected chi connectivity index (χ3v) is 3.54. The number of aromatic nitrogens is 1. The number of aryl methyl sites for hydroxylation is 1. The molecular formula is C11H8BrF2N3S. The Morgan fingerprint density at radius 2 is 2.22 bits per heavy atom. The van der Waals surface area contributed by atoms with Crippen LogP contribution < -0.4 is 5.43 Å². The van der Waals surface area contributed by atoms with Crippen molar-refractivity contribution in [1.29, 1.82) is 0 Å². The molecule has 1 heterocycles. The van der Waals surface area contributed by atoms with E-state index in [4.69, 9.17) is 0 Å². The Hall–Kier alpha value is -1.34. The predicted molar refractivity (Wildman–Crippen MR) is 72.1 cm³/mol.